The number of nitrogens with zero attached hydrogens (tertiary/aromatic N) is 2. The molecule has 0 aromatic heterocycles. The predicted octanol–water partition coefficient (Wildman–Crippen LogP) is 2.91. The van der Waals surface area contributed by atoms with Gasteiger partial charge in [-0.2, -0.15) is 0 Å². The van der Waals surface area contributed by atoms with E-state index in [4.69, 9.17) is 11.6 Å². The number of piperazine rings is 1. The first-order valence-electron chi connectivity index (χ1n) is 8.00. The van der Waals surface area contributed by atoms with E-state index in [1.165, 1.54) is 4.90 Å². The highest BCUT2D eigenvalue weighted by Crippen LogP contribution is 2.21. The zero-order valence-corrected chi connectivity index (χ0v) is 14.5. The Morgan fingerprint density at radius 1 is 1.00 bits per heavy atom. The monoisotopic (exact) mass is 379 g/mol. The minimum absolute atomic E-state index is 0.338. The molecular weight excluding hydrogens is 364 g/mol. The molecule has 1 saturated heterocycles. The van der Waals surface area contributed by atoms with E-state index in [1.807, 2.05) is 18.2 Å². The summed E-state index contributed by atoms with van der Waals surface area (Å²) in [6, 6.07) is 10.0. The highest BCUT2D eigenvalue weighted by Gasteiger charge is 2.26. The van der Waals surface area contributed by atoms with Crippen LogP contribution in [0.25, 0.3) is 0 Å². The Morgan fingerprint density at radius 3 is 2.42 bits per heavy atom. The first-order chi connectivity index (χ1) is 12.4. The van der Waals surface area contributed by atoms with Crippen LogP contribution in [-0.4, -0.2) is 42.9 Å². The lowest BCUT2D eigenvalue weighted by molar-refractivity contribution is -0.143. The number of hydrogen-bond donors (Lipinski definition) is 1. The van der Waals surface area contributed by atoms with Crippen molar-refractivity contribution >= 4 is 34.8 Å². The average molecular weight is 380 g/mol. The van der Waals surface area contributed by atoms with Crippen LogP contribution in [0.2, 0.25) is 5.02 Å². The van der Waals surface area contributed by atoms with Crippen molar-refractivity contribution in [1.29, 1.82) is 0 Å². The molecule has 0 atom stereocenters. The van der Waals surface area contributed by atoms with Crippen LogP contribution in [0.3, 0.4) is 0 Å². The molecule has 1 N–H and O–H groups in total. The molecule has 0 spiro atoms. The van der Waals surface area contributed by atoms with Crippen molar-refractivity contribution in [3.05, 3.63) is 59.1 Å². The van der Waals surface area contributed by atoms with Crippen molar-refractivity contribution in [2.75, 3.05) is 36.4 Å². The van der Waals surface area contributed by atoms with Crippen LogP contribution in [0.1, 0.15) is 0 Å². The fourth-order valence-electron chi connectivity index (χ4n) is 2.75. The molecule has 2 amide bonds. The molecule has 2 aromatic carbocycles. The molecule has 1 heterocycles. The predicted molar refractivity (Wildman–Crippen MR) is 95.2 cm³/mol. The molecule has 0 radical (unpaired) electrons. The Hall–Kier alpha value is -2.67. The van der Waals surface area contributed by atoms with E-state index >= 15 is 0 Å². The van der Waals surface area contributed by atoms with Crippen molar-refractivity contribution in [1.82, 2.24) is 4.90 Å². The molecular formula is C18H16ClF2N3O2. The number of nitrogens with one attached hydrogen (secondary N) is 1. The third-order valence-electron chi connectivity index (χ3n) is 4.11. The fraction of sp³-hybridized carbons (Fsp3) is 0.222. The van der Waals surface area contributed by atoms with Gasteiger partial charge in [-0.05, 0) is 30.3 Å². The maximum atomic E-state index is 13.6. The number of hydrogen-bond acceptors (Lipinski definition) is 3. The summed E-state index contributed by atoms with van der Waals surface area (Å²) in [6.07, 6.45) is 0. The highest BCUT2D eigenvalue weighted by atomic mass is 35.5. The smallest absolute Gasteiger partial charge is 0.313 e. The minimum atomic E-state index is -0.995. The molecule has 136 valence electrons. The summed E-state index contributed by atoms with van der Waals surface area (Å²) in [5, 5.41) is 2.74. The molecule has 1 aliphatic rings. The Balaban J connectivity index is 1.59. The van der Waals surface area contributed by atoms with Crippen molar-refractivity contribution in [2.45, 2.75) is 0 Å². The molecule has 5 nitrogen and oxygen atoms in total. The molecule has 1 fully saturated rings. The van der Waals surface area contributed by atoms with Gasteiger partial charge in [0.2, 0.25) is 0 Å². The molecule has 26 heavy (non-hydrogen) atoms. The summed E-state index contributed by atoms with van der Waals surface area (Å²) in [5.41, 5.74) is 0.580. The third kappa shape index (κ3) is 4.11. The van der Waals surface area contributed by atoms with Crippen molar-refractivity contribution in [3.8, 4) is 0 Å². The van der Waals surface area contributed by atoms with E-state index in [-0.39, 0.29) is 5.69 Å². The van der Waals surface area contributed by atoms with Crippen molar-refractivity contribution < 1.29 is 18.4 Å². The van der Waals surface area contributed by atoms with Gasteiger partial charge in [-0.25, -0.2) is 8.78 Å². The number of carbonyl (C=O) groups is 2. The van der Waals surface area contributed by atoms with Crippen LogP contribution in [0.4, 0.5) is 20.2 Å². The number of benzene rings is 2. The number of anilines is 2. The second kappa shape index (κ2) is 7.70. The molecule has 2 aromatic rings. The van der Waals surface area contributed by atoms with Gasteiger partial charge < -0.3 is 15.1 Å². The third-order valence-corrected chi connectivity index (χ3v) is 4.35. The SMILES string of the molecule is O=C(Nc1cc(F)ccc1F)C(=O)N1CCN(c2cccc(Cl)c2)CC1. The average Bonchev–Trinajstić information content (AvgIpc) is 2.64. The van der Waals surface area contributed by atoms with E-state index in [0.717, 1.165) is 23.9 Å². The van der Waals surface area contributed by atoms with E-state index in [9.17, 15) is 18.4 Å². The summed E-state index contributed by atoms with van der Waals surface area (Å²) < 4.78 is 26.7. The number of amides is 2. The molecule has 8 heteroatoms. The van der Waals surface area contributed by atoms with Gasteiger partial charge in [0.15, 0.2) is 0 Å². The zero-order valence-electron chi connectivity index (χ0n) is 13.7. The lowest BCUT2D eigenvalue weighted by atomic mass is 10.2. The largest absolute Gasteiger partial charge is 0.368 e. The second-order valence-electron chi connectivity index (χ2n) is 5.84. The Morgan fingerprint density at radius 2 is 1.73 bits per heavy atom. The molecule has 3 rings (SSSR count). The number of halogens is 3. The highest BCUT2D eigenvalue weighted by molar-refractivity contribution is 6.39. The first-order valence-corrected chi connectivity index (χ1v) is 8.37. The van der Waals surface area contributed by atoms with Crippen molar-refractivity contribution in [3.63, 3.8) is 0 Å². The standard InChI is InChI=1S/C18H16ClF2N3O2/c19-12-2-1-3-14(10-12)23-6-8-24(9-7-23)18(26)17(25)22-16-11-13(20)4-5-15(16)21/h1-5,10-11H,6-9H2,(H,22,25). The van der Waals surface area contributed by atoms with Crippen LogP contribution < -0.4 is 10.2 Å². The lowest BCUT2D eigenvalue weighted by Crippen LogP contribution is -2.51. The van der Waals surface area contributed by atoms with Gasteiger partial charge >= 0.3 is 11.8 Å². The van der Waals surface area contributed by atoms with Gasteiger partial charge in [-0.1, -0.05) is 17.7 Å². The van der Waals surface area contributed by atoms with Crippen LogP contribution in [0.15, 0.2) is 42.5 Å². The zero-order chi connectivity index (χ0) is 18.7. The van der Waals surface area contributed by atoms with E-state index in [1.54, 1.807) is 6.07 Å². The molecule has 0 unspecified atom stereocenters. The van der Waals surface area contributed by atoms with Gasteiger partial charge in [-0.15, -0.1) is 0 Å². The molecule has 1 aliphatic heterocycles. The Bertz CT molecular complexity index is 839. The molecule has 0 saturated carbocycles. The van der Waals surface area contributed by atoms with Gasteiger partial charge in [0.25, 0.3) is 0 Å². The van der Waals surface area contributed by atoms with Crippen LogP contribution in [-0.2, 0) is 9.59 Å². The summed E-state index contributed by atoms with van der Waals surface area (Å²) in [6.45, 7) is 1.75. The van der Waals surface area contributed by atoms with E-state index in [0.29, 0.717) is 31.2 Å². The lowest BCUT2D eigenvalue weighted by Gasteiger charge is -2.35. The van der Waals surface area contributed by atoms with Gasteiger partial charge in [0.05, 0.1) is 5.69 Å². The number of carbonyl (C=O) groups excluding carboxylic acids is 2. The minimum Gasteiger partial charge on any atom is -0.368 e. The van der Waals surface area contributed by atoms with E-state index in [2.05, 4.69) is 10.2 Å². The van der Waals surface area contributed by atoms with Gasteiger partial charge in [0.1, 0.15) is 11.6 Å². The Labute approximate surface area is 154 Å². The van der Waals surface area contributed by atoms with Gasteiger partial charge in [0, 0.05) is 43.0 Å². The summed E-state index contributed by atoms with van der Waals surface area (Å²) in [4.78, 5) is 27.7. The topological polar surface area (TPSA) is 52.7 Å². The summed E-state index contributed by atoms with van der Waals surface area (Å²) in [7, 11) is 0. The van der Waals surface area contributed by atoms with Crippen LogP contribution >= 0.6 is 11.6 Å². The van der Waals surface area contributed by atoms with Gasteiger partial charge in [-0.3, -0.25) is 9.59 Å². The summed E-state index contributed by atoms with van der Waals surface area (Å²) >= 11 is 5.98. The molecule has 0 aliphatic carbocycles. The quantitative estimate of drug-likeness (QED) is 0.816. The van der Waals surface area contributed by atoms with Crippen LogP contribution in [0, 0.1) is 11.6 Å². The first kappa shape index (κ1) is 18.1. The molecule has 0 bridgehead atoms. The van der Waals surface area contributed by atoms with Crippen molar-refractivity contribution in [2.24, 2.45) is 0 Å². The van der Waals surface area contributed by atoms with E-state index < -0.39 is 23.4 Å². The summed E-state index contributed by atoms with van der Waals surface area (Å²) in [5.74, 6) is -3.28. The maximum Gasteiger partial charge on any atom is 0.313 e. The second-order valence-corrected chi connectivity index (χ2v) is 6.27. The normalized spacial score (nSPS) is 14.3. The number of rotatable bonds is 2. The Kier molecular flexibility index (Phi) is 5.37. The van der Waals surface area contributed by atoms with Crippen LogP contribution in [0.5, 0.6) is 0 Å². The maximum absolute atomic E-state index is 13.6. The fourth-order valence-corrected chi connectivity index (χ4v) is 2.94.